The van der Waals surface area contributed by atoms with Crippen molar-refractivity contribution in [3.8, 4) is 11.5 Å². The Labute approximate surface area is 183 Å². The number of fused-ring (bicyclic) bond motifs is 1. The Morgan fingerprint density at radius 2 is 1.94 bits per heavy atom. The van der Waals surface area contributed by atoms with Gasteiger partial charge in [-0.05, 0) is 52.2 Å². The number of unbranched alkanes of at least 4 members (excludes halogenated alkanes) is 1. The molecule has 0 radical (unpaired) electrons. The van der Waals surface area contributed by atoms with E-state index in [2.05, 4.69) is 19.9 Å². The smallest absolute Gasteiger partial charge is 0.297 e. The zero-order valence-electron chi connectivity index (χ0n) is 19.1. The lowest BCUT2D eigenvalue weighted by Gasteiger charge is -2.17. The first kappa shape index (κ1) is 24.2. The van der Waals surface area contributed by atoms with Gasteiger partial charge in [0.1, 0.15) is 6.61 Å². The van der Waals surface area contributed by atoms with E-state index in [1.807, 2.05) is 19.9 Å². The van der Waals surface area contributed by atoms with Gasteiger partial charge in [0.25, 0.3) is 11.2 Å². The lowest BCUT2D eigenvalue weighted by molar-refractivity contribution is -0.384. The summed E-state index contributed by atoms with van der Waals surface area (Å²) in [5.41, 5.74) is 2.54. The number of methoxy groups -OCH3 is 1. The maximum atomic E-state index is 13.2. The number of nitro groups is 1. The lowest BCUT2D eigenvalue weighted by Crippen LogP contribution is -2.24. The molecule has 0 bridgehead atoms. The van der Waals surface area contributed by atoms with Crippen molar-refractivity contribution in [1.82, 2.24) is 4.57 Å². The molecule has 2 rings (SSSR count). The Kier molecular flexibility index (Phi) is 8.85. The number of benzene rings is 1. The number of allylic oxidation sites excluding steroid dienone is 3. The highest BCUT2D eigenvalue weighted by atomic mass is 16.6. The minimum absolute atomic E-state index is 0.0669. The molecular weight excluding hydrogens is 396 g/mol. The van der Waals surface area contributed by atoms with Crippen LogP contribution in [0.4, 0.5) is 5.69 Å². The zero-order valence-corrected chi connectivity index (χ0v) is 19.1. The van der Waals surface area contributed by atoms with Crippen molar-refractivity contribution in [3.05, 3.63) is 62.0 Å². The third kappa shape index (κ3) is 6.20. The van der Waals surface area contributed by atoms with Crippen LogP contribution in [0.15, 0.2) is 46.3 Å². The molecule has 0 saturated heterocycles. The number of hydrogen-bond donors (Lipinski definition) is 0. The molecule has 7 heteroatoms. The van der Waals surface area contributed by atoms with Gasteiger partial charge in [-0.1, -0.05) is 30.6 Å². The van der Waals surface area contributed by atoms with Gasteiger partial charge in [0.05, 0.1) is 17.5 Å². The van der Waals surface area contributed by atoms with Crippen LogP contribution in [-0.2, 0) is 6.54 Å². The molecule has 7 nitrogen and oxygen atoms in total. The minimum atomic E-state index is -0.465. The number of nitro benzene ring substituents is 1. The van der Waals surface area contributed by atoms with Crippen LogP contribution in [0.2, 0.25) is 0 Å². The predicted molar refractivity (Wildman–Crippen MR) is 124 cm³/mol. The van der Waals surface area contributed by atoms with E-state index < -0.39 is 4.92 Å². The van der Waals surface area contributed by atoms with E-state index in [1.165, 1.54) is 30.4 Å². The molecule has 0 aliphatic heterocycles. The standard InChI is InChI=1S/C24H32N2O5/c1-6-7-14-25-21-16-19(26(28)29)11-12-20(21)22(30-5)23(24(25)27)31-15-13-18(4)10-8-9-17(2)3/h9,11-13,16H,6-8,10,14-15H2,1-5H3/b18-13+. The largest absolute Gasteiger partial charge is 0.492 e. The summed E-state index contributed by atoms with van der Waals surface area (Å²) in [5, 5.41) is 11.9. The molecule has 168 valence electrons. The summed E-state index contributed by atoms with van der Waals surface area (Å²) in [5.74, 6) is 0.437. The van der Waals surface area contributed by atoms with Crippen LogP contribution in [-0.4, -0.2) is 23.2 Å². The van der Waals surface area contributed by atoms with E-state index in [0.717, 1.165) is 25.7 Å². The predicted octanol–water partition coefficient (Wildman–Crippen LogP) is 5.79. The second kappa shape index (κ2) is 11.3. The monoisotopic (exact) mass is 428 g/mol. The number of pyridine rings is 1. The SMILES string of the molecule is CCCCn1c(=O)c(OC/C=C(\C)CCC=C(C)C)c(OC)c2ccc([N+](=O)[O-])cc21. The van der Waals surface area contributed by atoms with Crippen molar-refractivity contribution in [3.63, 3.8) is 0 Å². The van der Waals surface area contributed by atoms with Gasteiger partial charge in [-0.25, -0.2) is 0 Å². The second-order valence-electron chi connectivity index (χ2n) is 7.81. The summed E-state index contributed by atoms with van der Waals surface area (Å²) in [4.78, 5) is 24.0. The summed E-state index contributed by atoms with van der Waals surface area (Å²) in [6.07, 6.45) is 7.70. The highest BCUT2D eigenvalue weighted by molar-refractivity contribution is 5.89. The molecule has 0 unspecified atom stereocenters. The Bertz CT molecular complexity index is 1050. The molecular formula is C24H32N2O5. The van der Waals surface area contributed by atoms with Crippen molar-refractivity contribution >= 4 is 16.6 Å². The molecule has 0 atom stereocenters. The van der Waals surface area contributed by atoms with Crippen LogP contribution >= 0.6 is 0 Å². The van der Waals surface area contributed by atoms with Gasteiger partial charge in [-0.2, -0.15) is 0 Å². The molecule has 1 aromatic carbocycles. The van der Waals surface area contributed by atoms with Gasteiger partial charge in [0.2, 0.25) is 5.75 Å². The van der Waals surface area contributed by atoms with Gasteiger partial charge < -0.3 is 14.0 Å². The Morgan fingerprint density at radius 1 is 1.19 bits per heavy atom. The Morgan fingerprint density at radius 3 is 2.55 bits per heavy atom. The molecule has 0 aliphatic carbocycles. The lowest BCUT2D eigenvalue weighted by atomic mass is 10.1. The minimum Gasteiger partial charge on any atom is -0.492 e. The van der Waals surface area contributed by atoms with E-state index in [-0.39, 0.29) is 23.6 Å². The molecule has 2 aromatic rings. The van der Waals surface area contributed by atoms with Crippen molar-refractivity contribution in [2.75, 3.05) is 13.7 Å². The molecule has 0 amide bonds. The van der Waals surface area contributed by atoms with Gasteiger partial charge in [-0.15, -0.1) is 0 Å². The number of non-ortho nitro benzene ring substituents is 1. The van der Waals surface area contributed by atoms with E-state index in [1.54, 1.807) is 10.6 Å². The first-order chi connectivity index (χ1) is 14.8. The van der Waals surface area contributed by atoms with E-state index >= 15 is 0 Å². The summed E-state index contributed by atoms with van der Waals surface area (Å²) >= 11 is 0. The fourth-order valence-electron chi connectivity index (χ4n) is 3.33. The van der Waals surface area contributed by atoms with Crippen LogP contribution in [0.25, 0.3) is 10.9 Å². The van der Waals surface area contributed by atoms with Crippen LogP contribution in [0, 0.1) is 10.1 Å². The van der Waals surface area contributed by atoms with E-state index in [9.17, 15) is 14.9 Å². The summed E-state index contributed by atoms with van der Waals surface area (Å²) < 4.78 is 12.9. The van der Waals surface area contributed by atoms with Crippen LogP contribution in [0.1, 0.15) is 53.4 Å². The second-order valence-corrected chi connectivity index (χ2v) is 7.81. The van der Waals surface area contributed by atoms with Crippen molar-refractivity contribution in [2.45, 2.75) is 59.9 Å². The average molecular weight is 429 g/mol. The highest BCUT2D eigenvalue weighted by Crippen LogP contribution is 2.34. The highest BCUT2D eigenvalue weighted by Gasteiger charge is 2.21. The Balaban J connectivity index is 2.44. The Hall–Kier alpha value is -3.09. The molecule has 0 saturated carbocycles. The van der Waals surface area contributed by atoms with Crippen LogP contribution in [0.3, 0.4) is 0 Å². The number of aromatic nitrogens is 1. The normalized spacial score (nSPS) is 11.5. The van der Waals surface area contributed by atoms with Gasteiger partial charge in [0.15, 0.2) is 5.75 Å². The zero-order chi connectivity index (χ0) is 23.0. The maximum absolute atomic E-state index is 13.2. The van der Waals surface area contributed by atoms with Crippen molar-refractivity contribution in [2.24, 2.45) is 0 Å². The first-order valence-electron chi connectivity index (χ1n) is 10.6. The summed E-state index contributed by atoms with van der Waals surface area (Å²) in [6, 6.07) is 4.45. The van der Waals surface area contributed by atoms with E-state index in [0.29, 0.717) is 23.2 Å². The third-order valence-electron chi connectivity index (χ3n) is 5.06. The number of rotatable bonds is 11. The molecule has 1 heterocycles. The average Bonchev–Trinajstić information content (AvgIpc) is 2.72. The third-order valence-corrected chi connectivity index (χ3v) is 5.06. The fourth-order valence-corrected chi connectivity index (χ4v) is 3.33. The molecule has 0 N–H and O–H groups in total. The number of nitrogens with zero attached hydrogens (tertiary/aromatic N) is 2. The molecule has 0 aliphatic rings. The number of ether oxygens (including phenoxy) is 2. The van der Waals surface area contributed by atoms with Gasteiger partial charge in [-0.3, -0.25) is 14.9 Å². The van der Waals surface area contributed by atoms with Crippen molar-refractivity contribution < 1.29 is 14.4 Å². The topological polar surface area (TPSA) is 83.6 Å². The van der Waals surface area contributed by atoms with E-state index in [4.69, 9.17) is 9.47 Å². The fraction of sp³-hybridized carbons (Fsp3) is 0.458. The number of hydrogen-bond acceptors (Lipinski definition) is 5. The summed E-state index contributed by atoms with van der Waals surface area (Å²) in [7, 11) is 1.47. The van der Waals surface area contributed by atoms with Gasteiger partial charge in [0, 0.05) is 24.1 Å². The molecule has 1 aromatic heterocycles. The van der Waals surface area contributed by atoms with Crippen LogP contribution < -0.4 is 15.0 Å². The van der Waals surface area contributed by atoms with Gasteiger partial charge >= 0.3 is 0 Å². The first-order valence-corrected chi connectivity index (χ1v) is 10.6. The van der Waals surface area contributed by atoms with Crippen LogP contribution in [0.5, 0.6) is 11.5 Å². The molecule has 31 heavy (non-hydrogen) atoms. The molecule has 0 spiro atoms. The maximum Gasteiger partial charge on any atom is 0.297 e. The summed E-state index contributed by atoms with van der Waals surface area (Å²) in [6.45, 7) is 8.92. The number of aryl methyl sites for hydroxylation is 1. The van der Waals surface area contributed by atoms with Crippen molar-refractivity contribution in [1.29, 1.82) is 0 Å². The molecule has 0 fully saturated rings. The quantitative estimate of drug-likeness (QED) is 0.257.